The molecule has 2 rings (SSSR count). The third-order valence-electron chi connectivity index (χ3n) is 2.97. The average Bonchev–Trinajstić information content (AvgIpc) is 2.77. The highest BCUT2D eigenvalue weighted by Crippen LogP contribution is 2.24. The second-order valence-electron chi connectivity index (χ2n) is 4.60. The van der Waals surface area contributed by atoms with Gasteiger partial charge in [0.15, 0.2) is 0 Å². The van der Waals surface area contributed by atoms with Crippen LogP contribution in [-0.2, 0) is 13.0 Å². The Morgan fingerprint density at radius 2 is 2.00 bits per heavy atom. The number of hydrogen-bond donors (Lipinski definition) is 0. The van der Waals surface area contributed by atoms with E-state index in [2.05, 4.69) is 9.97 Å². The second-order valence-corrected chi connectivity index (χ2v) is 4.96. The first kappa shape index (κ1) is 13.9. The fraction of sp³-hybridized carbons (Fsp3) is 0.429. The molecule has 0 saturated carbocycles. The van der Waals surface area contributed by atoms with Crippen molar-refractivity contribution in [3.8, 4) is 0 Å². The summed E-state index contributed by atoms with van der Waals surface area (Å²) >= 11 is 6.15. The monoisotopic (exact) mass is 279 g/mol. The van der Waals surface area contributed by atoms with Crippen LogP contribution in [0.1, 0.15) is 29.8 Å². The normalized spacial score (nSPS) is 10.8. The van der Waals surface area contributed by atoms with Crippen molar-refractivity contribution in [1.82, 2.24) is 9.97 Å². The Bertz CT molecular complexity index is 580. The van der Waals surface area contributed by atoms with Crippen molar-refractivity contribution >= 4 is 17.4 Å². The molecule has 2 heterocycles. The van der Waals surface area contributed by atoms with E-state index in [1.807, 2.05) is 44.9 Å². The first-order chi connectivity index (χ1) is 9.01. The molecule has 2 aromatic heterocycles. The molecule has 0 fully saturated rings. The van der Waals surface area contributed by atoms with Crippen LogP contribution in [0.4, 0.5) is 5.82 Å². The number of aromatic nitrogens is 2. The summed E-state index contributed by atoms with van der Waals surface area (Å²) < 4.78 is 5.58. The summed E-state index contributed by atoms with van der Waals surface area (Å²) in [5, 5.41) is 0.518. The number of nitrogens with zero attached hydrogens (tertiary/aromatic N) is 3. The molecule has 19 heavy (non-hydrogen) atoms. The van der Waals surface area contributed by atoms with E-state index in [-0.39, 0.29) is 0 Å². The molecule has 0 aliphatic heterocycles. The van der Waals surface area contributed by atoms with E-state index in [1.54, 1.807) is 0 Å². The summed E-state index contributed by atoms with van der Waals surface area (Å²) in [6.45, 7) is 6.54. The van der Waals surface area contributed by atoms with Gasteiger partial charge in [-0.05, 0) is 26.0 Å². The summed E-state index contributed by atoms with van der Waals surface area (Å²) in [6, 6.07) is 3.94. The molecule has 0 saturated heterocycles. The Labute approximate surface area is 118 Å². The second kappa shape index (κ2) is 5.61. The van der Waals surface area contributed by atoms with Crippen LogP contribution in [0.25, 0.3) is 0 Å². The highest BCUT2D eigenvalue weighted by Gasteiger charge is 2.14. The molecule has 0 unspecified atom stereocenters. The lowest BCUT2D eigenvalue weighted by molar-refractivity contribution is 0.481. The van der Waals surface area contributed by atoms with Gasteiger partial charge in [-0.2, -0.15) is 0 Å². The van der Waals surface area contributed by atoms with Gasteiger partial charge in [-0.1, -0.05) is 18.5 Å². The van der Waals surface area contributed by atoms with Gasteiger partial charge in [0.1, 0.15) is 28.3 Å². The van der Waals surface area contributed by atoms with Crippen LogP contribution >= 0.6 is 11.6 Å². The zero-order valence-corrected chi connectivity index (χ0v) is 12.5. The van der Waals surface area contributed by atoms with Crippen molar-refractivity contribution in [1.29, 1.82) is 0 Å². The van der Waals surface area contributed by atoms with Gasteiger partial charge in [0.25, 0.3) is 0 Å². The molecule has 5 heteroatoms. The van der Waals surface area contributed by atoms with Gasteiger partial charge < -0.3 is 9.32 Å². The number of halogens is 1. The lowest BCUT2D eigenvalue weighted by atomic mass is 10.3. The third-order valence-corrected chi connectivity index (χ3v) is 3.34. The Hall–Kier alpha value is -1.55. The maximum atomic E-state index is 6.15. The minimum Gasteiger partial charge on any atom is -0.464 e. The predicted octanol–water partition coefficient (Wildman–Crippen LogP) is 3.54. The standard InChI is InChI=1S/C14H18ClN3O/c1-5-12-16-13(15)10(3)14(17-12)18(4)8-11-7-6-9(2)19-11/h6-7H,5,8H2,1-4H3. The van der Waals surface area contributed by atoms with Crippen molar-refractivity contribution in [3.63, 3.8) is 0 Å². The highest BCUT2D eigenvalue weighted by atomic mass is 35.5. The number of hydrogen-bond acceptors (Lipinski definition) is 4. The van der Waals surface area contributed by atoms with Crippen LogP contribution in [0, 0.1) is 13.8 Å². The molecule has 0 amide bonds. The van der Waals surface area contributed by atoms with Crippen molar-refractivity contribution in [2.75, 3.05) is 11.9 Å². The molecule has 0 N–H and O–H groups in total. The van der Waals surface area contributed by atoms with Crippen LogP contribution in [0.15, 0.2) is 16.5 Å². The number of rotatable bonds is 4. The minimum absolute atomic E-state index is 0.518. The van der Waals surface area contributed by atoms with Gasteiger partial charge >= 0.3 is 0 Å². The van der Waals surface area contributed by atoms with Gasteiger partial charge in [-0.15, -0.1) is 0 Å². The van der Waals surface area contributed by atoms with Crippen LogP contribution in [0.3, 0.4) is 0 Å². The lowest BCUT2D eigenvalue weighted by Gasteiger charge is -2.20. The molecule has 0 aromatic carbocycles. The number of furan rings is 1. The Kier molecular flexibility index (Phi) is 4.10. The Morgan fingerprint density at radius 1 is 1.26 bits per heavy atom. The topological polar surface area (TPSA) is 42.2 Å². The Balaban J connectivity index is 2.27. The van der Waals surface area contributed by atoms with Crippen molar-refractivity contribution < 1.29 is 4.42 Å². The first-order valence-electron chi connectivity index (χ1n) is 6.30. The fourth-order valence-electron chi connectivity index (χ4n) is 1.93. The first-order valence-corrected chi connectivity index (χ1v) is 6.68. The zero-order chi connectivity index (χ0) is 14.0. The Morgan fingerprint density at radius 3 is 2.58 bits per heavy atom. The quantitative estimate of drug-likeness (QED) is 0.803. The van der Waals surface area contributed by atoms with Gasteiger partial charge in [0, 0.05) is 19.0 Å². The molecule has 0 radical (unpaired) electrons. The summed E-state index contributed by atoms with van der Waals surface area (Å²) in [4.78, 5) is 10.8. The van der Waals surface area contributed by atoms with Crippen LogP contribution in [0.5, 0.6) is 0 Å². The molecule has 0 aliphatic carbocycles. The van der Waals surface area contributed by atoms with Crippen LogP contribution in [-0.4, -0.2) is 17.0 Å². The van der Waals surface area contributed by atoms with Gasteiger partial charge in [-0.25, -0.2) is 9.97 Å². The number of anilines is 1. The largest absolute Gasteiger partial charge is 0.464 e. The maximum Gasteiger partial charge on any atom is 0.137 e. The van der Waals surface area contributed by atoms with Gasteiger partial charge in [0.2, 0.25) is 0 Å². The highest BCUT2D eigenvalue weighted by molar-refractivity contribution is 6.30. The molecular weight excluding hydrogens is 262 g/mol. The van der Waals surface area contributed by atoms with Gasteiger partial charge in [-0.3, -0.25) is 0 Å². The number of aryl methyl sites for hydroxylation is 2. The third kappa shape index (κ3) is 3.07. The molecule has 4 nitrogen and oxygen atoms in total. The molecule has 0 spiro atoms. The SMILES string of the molecule is CCc1nc(Cl)c(C)c(N(C)Cc2ccc(C)o2)n1. The molecule has 0 bridgehead atoms. The molecule has 0 aliphatic rings. The summed E-state index contributed by atoms with van der Waals surface area (Å²) in [6.07, 6.45) is 0.765. The van der Waals surface area contributed by atoms with Crippen molar-refractivity contribution in [3.05, 3.63) is 40.2 Å². The van der Waals surface area contributed by atoms with Crippen molar-refractivity contribution in [2.45, 2.75) is 33.7 Å². The van der Waals surface area contributed by atoms with Crippen LogP contribution in [0.2, 0.25) is 5.15 Å². The van der Waals surface area contributed by atoms with E-state index < -0.39 is 0 Å². The average molecular weight is 280 g/mol. The predicted molar refractivity (Wildman–Crippen MR) is 76.7 cm³/mol. The fourth-order valence-corrected chi connectivity index (χ4v) is 2.11. The molecule has 102 valence electrons. The maximum absolute atomic E-state index is 6.15. The minimum atomic E-state index is 0.518. The van der Waals surface area contributed by atoms with Crippen molar-refractivity contribution in [2.24, 2.45) is 0 Å². The van der Waals surface area contributed by atoms with E-state index in [9.17, 15) is 0 Å². The molecule has 2 aromatic rings. The molecule has 0 atom stereocenters. The summed E-state index contributed by atoms with van der Waals surface area (Å²) in [7, 11) is 1.98. The van der Waals surface area contributed by atoms with E-state index >= 15 is 0 Å². The molecular formula is C14H18ClN3O. The zero-order valence-electron chi connectivity index (χ0n) is 11.7. The lowest BCUT2D eigenvalue weighted by Crippen LogP contribution is -2.19. The van der Waals surface area contributed by atoms with Gasteiger partial charge in [0.05, 0.1) is 6.54 Å². The summed E-state index contributed by atoms with van der Waals surface area (Å²) in [5.41, 5.74) is 0.893. The van der Waals surface area contributed by atoms with E-state index in [1.165, 1.54) is 0 Å². The van der Waals surface area contributed by atoms with E-state index in [0.717, 1.165) is 35.1 Å². The summed E-state index contributed by atoms with van der Waals surface area (Å²) in [5.74, 6) is 3.43. The smallest absolute Gasteiger partial charge is 0.137 e. The van der Waals surface area contributed by atoms with E-state index in [0.29, 0.717) is 11.7 Å². The van der Waals surface area contributed by atoms with Crippen LogP contribution < -0.4 is 4.90 Å². The van der Waals surface area contributed by atoms with E-state index in [4.69, 9.17) is 16.0 Å².